The number of thiocarbonyl (C=S) groups is 1. The molecule has 0 aliphatic heterocycles. The molecule has 1 saturated carbocycles. The normalized spacial score (nSPS) is 14.2. The summed E-state index contributed by atoms with van der Waals surface area (Å²) in [5.74, 6) is 6.41. The number of isothiocyanates is 1. The Morgan fingerprint density at radius 1 is 1.14 bits per heavy atom. The van der Waals surface area contributed by atoms with Gasteiger partial charge in [0.15, 0.2) is 5.82 Å². The van der Waals surface area contributed by atoms with E-state index in [4.69, 9.17) is 0 Å². The lowest BCUT2D eigenvalue weighted by Gasteiger charge is -2.03. The average Bonchev–Trinajstić information content (AvgIpc) is 3.18. The first kappa shape index (κ1) is 15.1. The molecule has 110 valence electrons. The van der Waals surface area contributed by atoms with Crippen molar-refractivity contribution in [2.24, 2.45) is 4.99 Å². The first-order valence-corrected chi connectivity index (χ1v) is 8.48. The minimum absolute atomic E-state index is 0.195. The van der Waals surface area contributed by atoms with Gasteiger partial charge in [0.25, 0.3) is 0 Å². The van der Waals surface area contributed by atoms with E-state index in [9.17, 15) is 4.39 Å². The van der Waals surface area contributed by atoms with E-state index in [0.29, 0.717) is 11.5 Å². The molecule has 3 rings (SSSR count). The third-order valence-electron chi connectivity index (χ3n) is 3.83. The molecule has 1 aliphatic carbocycles. The van der Waals surface area contributed by atoms with Crippen LogP contribution < -0.4 is 0 Å². The van der Waals surface area contributed by atoms with Crippen molar-refractivity contribution in [2.75, 3.05) is 0 Å². The third kappa shape index (κ3) is 3.51. The van der Waals surface area contributed by atoms with Crippen LogP contribution in [0.5, 0.6) is 0 Å². The zero-order valence-corrected chi connectivity index (χ0v) is 13.6. The van der Waals surface area contributed by atoms with Crippen LogP contribution in [0.15, 0.2) is 35.3 Å². The number of hydrogen-bond acceptors (Lipinski definition) is 3. The molecule has 0 saturated heterocycles. The lowest BCUT2D eigenvalue weighted by atomic mass is 10.1. The van der Waals surface area contributed by atoms with Crippen molar-refractivity contribution in [2.45, 2.75) is 31.6 Å². The second-order valence-corrected chi connectivity index (χ2v) is 6.60. The highest BCUT2D eigenvalue weighted by atomic mass is 32.1. The zero-order valence-electron chi connectivity index (χ0n) is 11.9. The molecule has 1 aliphatic rings. The van der Waals surface area contributed by atoms with Gasteiger partial charge in [0, 0.05) is 10.4 Å². The highest BCUT2D eigenvalue weighted by Gasteiger charge is 2.18. The maximum Gasteiger partial charge on any atom is 0.150 e. The summed E-state index contributed by atoms with van der Waals surface area (Å²) in [5, 5.41) is 2.17. The van der Waals surface area contributed by atoms with E-state index in [1.807, 2.05) is 0 Å². The standard InChI is InChI=1S/C18H14FNS2/c19-16-11-13(6-9-17(16)20-12-21)5-7-15-8-10-18(22-15)14-3-1-2-4-14/h6,8-11,14H,1-4H2. The predicted molar refractivity (Wildman–Crippen MR) is 92.6 cm³/mol. The molecular weight excluding hydrogens is 313 g/mol. The largest absolute Gasteiger partial charge is 0.205 e. The van der Waals surface area contributed by atoms with Crippen molar-refractivity contribution >= 4 is 34.4 Å². The van der Waals surface area contributed by atoms with Gasteiger partial charge in [-0.15, -0.1) is 11.3 Å². The topological polar surface area (TPSA) is 12.4 Å². The molecule has 1 aromatic heterocycles. The molecule has 1 aromatic carbocycles. The third-order valence-corrected chi connectivity index (χ3v) is 5.08. The Morgan fingerprint density at radius 2 is 1.95 bits per heavy atom. The van der Waals surface area contributed by atoms with Crippen LogP contribution in [0.1, 0.15) is 46.9 Å². The van der Waals surface area contributed by atoms with Gasteiger partial charge in [0.2, 0.25) is 0 Å². The van der Waals surface area contributed by atoms with Gasteiger partial charge >= 0.3 is 0 Å². The molecule has 0 spiro atoms. The van der Waals surface area contributed by atoms with Gasteiger partial charge in [-0.1, -0.05) is 24.7 Å². The van der Waals surface area contributed by atoms with Crippen LogP contribution in [-0.4, -0.2) is 5.16 Å². The number of rotatable bonds is 2. The van der Waals surface area contributed by atoms with Crippen molar-refractivity contribution in [3.63, 3.8) is 0 Å². The second-order valence-electron chi connectivity index (χ2n) is 5.30. The SMILES string of the molecule is Fc1cc(C#Cc2ccc(C3CCCC3)s2)ccc1N=C=S. The summed E-state index contributed by atoms with van der Waals surface area (Å²) in [5.41, 5.74) is 0.830. The quantitative estimate of drug-likeness (QED) is 0.393. The van der Waals surface area contributed by atoms with Gasteiger partial charge in [-0.05, 0) is 61.3 Å². The number of nitrogens with zero attached hydrogens (tertiary/aromatic N) is 1. The van der Waals surface area contributed by atoms with Gasteiger partial charge in [-0.2, -0.15) is 4.99 Å². The van der Waals surface area contributed by atoms with Crippen LogP contribution in [0.25, 0.3) is 0 Å². The summed E-state index contributed by atoms with van der Waals surface area (Å²) in [4.78, 5) is 6.12. The lowest BCUT2D eigenvalue weighted by Crippen LogP contribution is -1.85. The summed E-state index contributed by atoms with van der Waals surface area (Å²) in [6, 6.07) is 8.93. The smallest absolute Gasteiger partial charge is 0.150 e. The van der Waals surface area contributed by atoms with Crippen molar-refractivity contribution in [1.29, 1.82) is 0 Å². The molecule has 2 aromatic rings. The molecule has 22 heavy (non-hydrogen) atoms. The van der Waals surface area contributed by atoms with Crippen molar-refractivity contribution in [1.82, 2.24) is 0 Å². The fourth-order valence-corrected chi connectivity index (χ4v) is 3.84. The van der Waals surface area contributed by atoms with Gasteiger partial charge in [0.1, 0.15) is 5.69 Å². The summed E-state index contributed by atoms with van der Waals surface area (Å²) in [6.45, 7) is 0. The second kappa shape index (κ2) is 6.98. The maximum atomic E-state index is 13.7. The zero-order chi connectivity index (χ0) is 15.4. The van der Waals surface area contributed by atoms with Crippen LogP contribution >= 0.6 is 23.6 Å². The Kier molecular flexibility index (Phi) is 4.80. The summed E-state index contributed by atoms with van der Waals surface area (Å²) < 4.78 is 13.7. The molecule has 0 unspecified atom stereocenters. The summed E-state index contributed by atoms with van der Waals surface area (Å²) in [7, 11) is 0. The van der Waals surface area contributed by atoms with Gasteiger partial charge in [0.05, 0.1) is 10.0 Å². The highest BCUT2D eigenvalue weighted by molar-refractivity contribution is 7.78. The fraction of sp³-hybridized carbons (Fsp3) is 0.278. The Balaban J connectivity index is 1.77. The Hall–Kier alpha value is -1.79. The molecule has 0 radical (unpaired) electrons. The predicted octanol–water partition coefficient (Wildman–Crippen LogP) is 5.68. The number of benzene rings is 1. The number of thiophene rings is 1. The highest BCUT2D eigenvalue weighted by Crippen LogP contribution is 2.37. The number of halogens is 1. The van der Waals surface area contributed by atoms with Crippen LogP contribution in [0.3, 0.4) is 0 Å². The monoisotopic (exact) mass is 327 g/mol. The Bertz CT molecular complexity index is 785. The molecule has 0 bridgehead atoms. The van der Waals surface area contributed by atoms with E-state index in [1.165, 1.54) is 36.6 Å². The van der Waals surface area contributed by atoms with E-state index in [0.717, 1.165) is 4.88 Å². The Labute approximate surface area is 138 Å². The van der Waals surface area contributed by atoms with Crippen LogP contribution in [0, 0.1) is 17.7 Å². The van der Waals surface area contributed by atoms with E-state index >= 15 is 0 Å². The number of hydrogen-bond donors (Lipinski definition) is 0. The van der Waals surface area contributed by atoms with Crippen molar-refractivity contribution < 1.29 is 4.39 Å². The van der Waals surface area contributed by atoms with Crippen LogP contribution in [0.4, 0.5) is 10.1 Å². The van der Waals surface area contributed by atoms with E-state index < -0.39 is 5.82 Å². The fourth-order valence-electron chi connectivity index (χ4n) is 2.71. The van der Waals surface area contributed by atoms with Gasteiger partial charge in [-0.25, -0.2) is 4.39 Å². The lowest BCUT2D eigenvalue weighted by molar-refractivity contribution is 0.629. The van der Waals surface area contributed by atoms with E-state index in [-0.39, 0.29) is 5.69 Å². The molecule has 0 atom stereocenters. The van der Waals surface area contributed by atoms with Gasteiger partial charge < -0.3 is 0 Å². The van der Waals surface area contributed by atoms with Crippen molar-refractivity contribution in [3.8, 4) is 11.8 Å². The molecule has 0 amide bonds. The molecule has 1 heterocycles. The molecule has 4 heteroatoms. The summed E-state index contributed by atoms with van der Waals surface area (Å²) >= 11 is 6.23. The first-order valence-electron chi connectivity index (χ1n) is 7.25. The van der Waals surface area contributed by atoms with Crippen LogP contribution in [0.2, 0.25) is 0 Å². The number of aliphatic imine (C=N–C) groups is 1. The molecular formula is C18H14FNS2. The molecule has 1 fully saturated rings. The summed E-state index contributed by atoms with van der Waals surface area (Å²) in [6.07, 6.45) is 5.25. The van der Waals surface area contributed by atoms with Gasteiger partial charge in [-0.3, -0.25) is 0 Å². The van der Waals surface area contributed by atoms with Crippen LogP contribution in [-0.2, 0) is 0 Å². The Morgan fingerprint density at radius 3 is 2.68 bits per heavy atom. The molecule has 0 N–H and O–H groups in total. The molecule has 1 nitrogen and oxygen atoms in total. The van der Waals surface area contributed by atoms with E-state index in [2.05, 4.69) is 46.3 Å². The minimum Gasteiger partial charge on any atom is -0.205 e. The average molecular weight is 327 g/mol. The maximum absolute atomic E-state index is 13.7. The first-order chi connectivity index (χ1) is 10.8. The minimum atomic E-state index is -0.429. The van der Waals surface area contributed by atoms with Crippen molar-refractivity contribution in [3.05, 3.63) is 51.5 Å². The van der Waals surface area contributed by atoms with E-state index in [1.54, 1.807) is 23.5 Å².